The van der Waals surface area contributed by atoms with E-state index >= 15 is 0 Å². The molecule has 1 aromatic heterocycles. The topological polar surface area (TPSA) is 79.7 Å². The Hall–Kier alpha value is -3.39. The summed E-state index contributed by atoms with van der Waals surface area (Å²) >= 11 is 0. The first-order valence-electron chi connectivity index (χ1n) is 10.4. The molecule has 0 atom stereocenters. The van der Waals surface area contributed by atoms with Crippen LogP contribution in [0.1, 0.15) is 10.5 Å². The smallest absolute Gasteiger partial charge is 0.282 e. The van der Waals surface area contributed by atoms with Crippen LogP contribution in [0.15, 0.2) is 53.3 Å². The molecule has 0 spiro atoms. The van der Waals surface area contributed by atoms with Crippen molar-refractivity contribution in [1.29, 1.82) is 0 Å². The van der Waals surface area contributed by atoms with Crippen molar-refractivity contribution in [2.45, 2.75) is 0 Å². The van der Waals surface area contributed by atoms with Crippen LogP contribution < -0.4 is 20.5 Å². The van der Waals surface area contributed by atoms with Crippen molar-refractivity contribution in [2.24, 2.45) is 7.05 Å². The average Bonchev–Trinajstić information content (AvgIpc) is 2.82. The van der Waals surface area contributed by atoms with Gasteiger partial charge in [0.2, 0.25) is 0 Å². The van der Waals surface area contributed by atoms with Crippen LogP contribution in [0.5, 0.6) is 5.75 Å². The maximum atomic E-state index is 12.6. The number of aryl methyl sites for hydroxylation is 1. The molecule has 2 aromatic carbocycles. The number of amides is 1. The number of fused-ring (bicyclic) bond motifs is 1. The van der Waals surface area contributed by atoms with Crippen molar-refractivity contribution >= 4 is 22.6 Å². The summed E-state index contributed by atoms with van der Waals surface area (Å²) in [7, 11) is 3.33. The number of benzene rings is 2. The molecule has 162 valence electrons. The molecule has 1 saturated heterocycles. The standard InChI is InChI=1S/C23H27N5O3/c1-26-20-6-4-3-5-19(20)25-21(23(26)30)22(29)24-11-12-27-13-15-28(16-14-27)17-7-9-18(31-2)10-8-17/h3-10H,11-16H2,1-2H3,(H,24,29). The molecule has 1 aliphatic heterocycles. The summed E-state index contributed by atoms with van der Waals surface area (Å²) in [6.07, 6.45) is 0. The molecule has 1 aliphatic rings. The molecule has 0 radical (unpaired) electrons. The van der Waals surface area contributed by atoms with Gasteiger partial charge in [-0.2, -0.15) is 0 Å². The minimum absolute atomic E-state index is 0.0643. The van der Waals surface area contributed by atoms with E-state index in [0.717, 1.165) is 38.5 Å². The molecular weight excluding hydrogens is 394 g/mol. The Bertz CT molecular complexity index is 1120. The predicted molar refractivity (Wildman–Crippen MR) is 121 cm³/mol. The number of carbonyl (C=O) groups is 1. The Morgan fingerprint density at radius 3 is 2.48 bits per heavy atom. The van der Waals surface area contributed by atoms with E-state index in [0.29, 0.717) is 17.6 Å². The van der Waals surface area contributed by atoms with Gasteiger partial charge in [0, 0.05) is 52.0 Å². The fraction of sp³-hybridized carbons (Fsp3) is 0.348. The van der Waals surface area contributed by atoms with Crippen LogP contribution in [0, 0.1) is 0 Å². The van der Waals surface area contributed by atoms with Gasteiger partial charge < -0.3 is 19.5 Å². The Balaban J connectivity index is 1.29. The Labute approximate surface area is 181 Å². The van der Waals surface area contributed by atoms with E-state index in [2.05, 4.69) is 32.2 Å². The van der Waals surface area contributed by atoms with Crippen molar-refractivity contribution in [1.82, 2.24) is 19.8 Å². The van der Waals surface area contributed by atoms with Crippen molar-refractivity contribution in [3.05, 3.63) is 64.6 Å². The number of methoxy groups -OCH3 is 1. The molecule has 8 nitrogen and oxygen atoms in total. The number of carbonyl (C=O) groups excluding carboxylic acids is 1. The van der Waals surface area contributed by atoms with E-state index in [1.807, 2.05) is 30.3 Å². The van der Waals surface area contributed by atoms with Gasteiger partial charge in [-0.3, -0.25) is 14.5 Å². The first kappa shape index (κ1) is 20.9. The molecule has 3 aromatic rings. The predicted octanol–water partition coefficient (Wildman–Crippen LogP) is 1.49. The lowest BCUT2D eigenvalue weighted by Gasteiger charge is -2.36. The fourth-order valence-corrected chi connectivity index (χ4v) is 3.86. The Morgan fingerprint density at radius 2 is 1.77 bits per heavy atom. The van der Waals surface area contributed by atoms with Crippen molar-refractivity contribution in [3.8, 4) is 5.75 Å². The molecule has 1 fully saturated rings. The van der Waals surface area contributed by atoms with Gasteiger partial charge >= 0.3 is 0 Å². The number of anilines is 1. The largest absolute Gasteiger partial charge is 0.497 e. The SMILES string of the molecule is COc1ccc(N2CCN(CCNC(=O)c3nc4ccccc4n(C)c3=O)CC2)cc1. The third-order valence-electron chi connectivity index (χ3n) is 5.72. The number of para-hydroxylation sites is 2. The summed E-state index contributed by atoms with van der Waals surface area (Å²) in [5, 5.41) is 2.85. The van der Waals surface area contributed by atoms with Crippen LogP contribution in [0.2, 0.25) is 0 Å². The number of ether oxygens (including phenoxy) is 1. The maximum absolute atomic E-state index is 12.6. The van der Waals surface area contributed by atoms with Crippen LogP contribution in [-0.4, -0.2) is 66.7 Å². The van der Waals surface area contributed by atoms with Crippen molar-refractivity contribution in [3.63, 3.8) is 0 Å². The average molecular weight is 422 g/mol. The first-order chi connectivity index (χ1) is 15.1. The highest BCUT2D eigenvalue weighted by Gasteiger charge is 2.19. The second kappa shape index (κ2) is 9.18. The molecule has 2 heterocycles. The molecule has 0 aliphatic carbocycles. The molecule has 8 heteroatoms. The fourth-order valence-electron chi connectivity index (χ4n) is 3.86. The van der Waals surface area contributed by atoms with Gasteiger partial charge in [-0.25, -0.2) is 4.98 Å². The first-order valence-corrected chi connectivity index (χ1v) is 10.4. The molecule has 0 bridgehead atoms. The van der Waals surface area contributed by atoms with E-state index < -0.39 is 5.91 Å². The number of nitrogens with zero attached hydrogens (tertiary/aromatic N) is 4. The lowest BCUT2D eigenvalue weighted by atomic mass is 10.2. The maximum Gasteiger partial charge on any atom is 0.282 e. The van der Waals surface area contributed by atoms with Crippen LogP contribution in [0.3, 0.4) is 0 Å². The quantitative estimate of drug-likeness (QED) is 0.650. The summed E-state index contributed by atoms with van der Waals surface area (Å²) < 4.78 is 6.69. The second-order valence-electron chi connectivity index (χ2n) is 7.60. The van der Waals surface area contributed by atoms with E-state index in [4.69, 9.17) is 4.74 Å². The highest BCUT2D eigenvalue weighted by molar-refractivity contribution is 5.93. The molecule has 0 saturated carbocycles. The molecule has 1 N–H and O–H groups in total. The molecule has 0 unspecified atom stereocenters. The minimum atomic E-state index is -0.428. The summed E-state index contributed by atoms with van der Waals surface area (Å²) in [5.41, 5.74) is 2.07. The second-order valence-corrected chi connectivity index (χ2v) is 7.60. The zero-order valence-corrected chi connectivity index (χ0v) is 17.9. The van der Waals surface area contributed by atoms with Gasteiger partial charge in [0.25, 0.3) is 11.5 Å². The summed E-state index contributed by atoms with van der Waals surface area (Å²) in [5.74, 6) is 0.428. The number of hydrogen-bond donors (Lipinski definition) is 1. The molecular formula is C23H27N5O3. The highest BCUT2D eigenvalue weighted by atomic mass is 16.5. The number of nitrogens with one attached hydrogen (secondary N) is 1. The third kappa shape index (κ3) is 4.54. The van der Waals surface area contributed by atoms with Gasteiger partial charge in [-0.05, 0) is 36.4 Å². The van der Waals surface area contributed by atoms with Gasteiger partial charge in [-0.15, -0.1) is 0 Å². The van der Waals surface area contributed by atoms with Crippen molar-refractivity contribution in [2.75, 3.05) is 51.3 Å². The third-order valence-corrected chi connectivity index (χ3v) is 5.72. The monoisotopic (exact) mass is 421 g/mol. The zero-order chi connectivity index (χ0) is 21.8. The van der Waals surface area contributed by atoms with Crippen LogP contribution in [0.25, 0.3) is 11.0 Å². The highest BCUT2D eigenvalue weighted by Crippen LogP contribution is 2.20. The van der Waals surface area contributed by atoms with Gasteiger partial charge in [0.1, 0.15) is 5.75 Å². The van der Waals surface area contributed by atoms with Gasteiger partial charge in [0.15, 0.2) is 5.69 Å². The molecule has 4 rings (SSSR count). The van der Waals surface area contributed by atoms with Crippen LogP contribution in [-0.2, 0) is 7.05 Å². The van der Waals surface area contributed by atoms with Gasteiger partial charge in [-0.1, -0.05) is 12.1 Å². The summed E-state index contributed by atoms with van der Waals surface area (Å²) in [6.45, 7) is 4.88. The molecule has 1 amide bonds. The van der Waals surface area contributed by atoms with Crippen LogP contribution in [0.4, 0.5) is 5.69 Å². The van der Waals surface area contributed by atoms with Crippen LogP contribution >= 0.6 is 0 Å². The van der Waals surface area contributed by atoms with E-state index in [1.54, 1.807) is 20.2 Å². The Kier molecular flexibility index (Phi) is 6.18. The summed E-state index contributed by atoms with van der Waals surface area (Å²) in [4.78, 5) is 34.0. The van der Waals surface area contributed by atoms with E-state index in [1.165, 1.54) is 10.3 Å². The van der Waals surface area contributed by atoms with E-state index in [-0.39, 0.29) is 11.3 Å². The Morgan fingerprint density at radius 1 is 1.06 bits per heavy atom. The zero-order valence-electron chi connectivity index (χ0n) is 17.9. The minimum Gasteiger partial charge on any atom is -0.497 e. The lowest BCUT2D eigenvalue weighted by Crippen LogP contribution is -2.48. The lowest BCUT2D eigenvalue weighted by molar-refractivity contribution is 0.0941. The van der Waals surface area contributed by atoms with E-state index in [9.17, 15) is 9.59 Å². The summed E-state index contributed by atoms with van der Waals surface area (Å²) in [6, 6.07) is 15.4. The van der Waals surface area contributed by atoms with Crippen molar-refractivity contribution < 1.29 is 9.53 Å². The molecule has 31 heavy (non-hydrogen) atoms. The number of hydrogen-bond acceptors (Lipinski definition) is 6. The number of piperazine rings is 1. The normalized spacial score (nSPS) is 14.6. The number of rotatable bonds is 6. The van der Waals surface area contributed by atoms with Gasteiger partial charge in [0.05, 0.1) is 18.1 Å². The number of aromatic nitrogens is 2.